The van der Waals surface area contributed by atoms with Gasteiger partial charge in [0.05, 0.1) is 25.2 Å². The largest absolute Gasteiger partial charge is 0.506 e. The Hall–Kier alpha value is -2.86. The number of aromatic nitrogens is 1. The molecule has 0 saturated heterocycles. The molecule has 0 spiro atoms. The summed E-state index contributed by atoms with van der Waals surface area (Å²) in [5.41, 5.74) is 3.29. The number of benzene rings is 2. The van der Waals surface area contributed by atoms with Crippen molar-refractivity contribution in [3.63, 3.8) is 0 Å². The fourth-order valence-electron chi connectivity index (χ4n) is 4.06. The Labute approximate surface area is 232 Å². The minimum absolute atomic E-state index is 0.0311. The number of methoxy groups -OCH3 is 1. The lowest BCUT2D eigenvalue weighted by molar-refractivity contribution is 0.0595. The fourth-order valence-corrected chi connectivity index (χ4v) is 5.91. The maximum absolute atomic E-state index is 11.9. The maximum Gasteiger partial charge on any atom is 0.354 e. The molecule has 0 saturated carbocycles. The van der Waals surface area contributed by atoms with Gasteiger partial charge in [0.15, 0.2) is 8.32 Å². The van der Waals surface area contributed by atoms with Gasteiger partial charge in [-0.05, 0) is 72.9 Å². The molecule has 0 radical (unpaired) electrons. The number of sulfonamides is 1. The minimum Gasteiger partial charge on any atom is -0.506 e. The van der Waals surface area contributed by atoms with Crippen LogP contribution in [0.25, 0.3) is 10.9 Å². The molecule has 3 aromatic rings. The van der Waals surface area contributed by atoms with Crippen LogP contribution < -0.4 is 10.0 Å². The topological polar surface area (TPSA) is 130 Å². The molecule has 9 nitrogen and oxygen atoms in total. The number of rotatable bonds is 11. The molecule has 11 heteroatoms. The van der Waals surface area contributed by atoms with Crippen LogP contribution >= 0.6 is 0 Å². The predicted molar refractivity (Wildman–Crippen MR) is 158 cm³/mol. The number of carbonyl (C=O) groups is 1. The van der Waals surface area contributed by atoms with E-state index in [1.54, 1.807) is 18.2 Å². The molecule has 2 atom stereocenters. The Morgan fingerprint density at radius 2 is 1.82 bits per heavy atom. The fraction of sp³-hybridized carbons (Fsp3) is 0.464. The van der Waals surface area contributed by atoms with Crippen molar-refractivity contribution in [2.45, 2.75) is 64.4 Å². The summed E-state index contributed by atoms with van der Waals surface area (Å²) in [5.74, 6) is -0.549. The molecule has 1 heterocycles. The van der Waals surface area contributed by atoms with Crippen LogP contribution in [0.4, 0.5) is 5.69 Å². The van der Waals surface area contributed by atoms with Gasteiger partial charge in [0.1, 0.15) is 11.4 Å². The second-order valence-corrected chi connectivity index (χ2v) is 18.1. The minimum atomic E-state index is -3.57. The highest BCUT2D eigenvalue weighted by Crippen LogP contribution is 2.40. The molecular formula is C28H41N3O6SSi. The highest BCUT2D eigenvalue weighted by atomic mass is 32.2. The van der Waals surface area contributed by atoms with E-state index >= 15 is 0 Å². The number of carbonyl (C=O) groups excluding carboxylic acids is 1. The van der Waals surface area contributed by atoms with Crippen LogP contribution in [0.3, 0.4) is 0 Å². The van der Waals surface area contributed by atoms with Crippen LogP contribution in [0.2, 0.25) is 18.1 Å². The summed E-state index contributed by atoms with van der Waals surface area (Å²) in [6.45, 7) is 13.4. The van der Waals surface area contributed by atoms with Crippen molar-refractivity contribution in [1.82, 2.24) is 10.3 Å². The molecule has 0 aliphatic rings. The van der Waals surface area contributed by atoms with Gasteiger partial charge < -0.3 is 24.6 Å². The van der Waals surface area contributed by atoms with E-state index in [2.05, 4.69) is 61.9 Å². The molecule has 4 N–H and O–H groups in total. The van der Waals surface area contributed by atoms with Gasteiger partial charge in [0.2, 0.25) is 10.0 Å². The first kappa shape index (κ1) is 30.7. The summed E-state index contributed by atoms with van der Waals surface area (Å²) in [5, 5.41) is 14.7. The van der Waals surface area contributed by atoms with Crippen LogP contribution in [0.5, 0.6) is 5.75 Å². The zero-order valence-corrected chi connectivity index (χ0v) is 25.8. The molecule has 0 unspecified atom stereocenters. The predicted octanol–water partition coefficient (Wildman–Crippen LogP) is 5.32. The molecule has 39 heavy (non-hydrogen) atoms. The van der Waals surface area contributed by atoms with Gasteiger partial charge in [-0.2, -0.15) is 0 Å². The lowest BCUT2D eigenvalue weighted by atomic mass is 10.0. The van der Waals surface area contributed by atoms with Crippen molar-refractivity contribution in [2.24, 2.45) is 0 Å². The van der Waals surface area contributed by atoms with Gasteiger partial charge in [-0.3, -0.25) is 4.72 Å². The SMILES string of the molecule is COC(=O)c1cc2cc(C[C@@H](C)NC[C@@H](O[Si](C)(C)C(C)(C)C)c3ccc(O)c(NS(C)(=O)=O)c3)ccc2[nH]1. The van der Waals surface area contributed by atoms with Crippen LogP contribution in [0.15, 0.2) is 42.5 Å². The Kier molecular flexibility index (Phi) is 9.21. The molecule has 2 aromatic carbocycles. The standard InChI is InChI=1S/C28H41N3O6SSi/c1-18(13-19-9-11-22-21(14-19)16-24(30-22)27(33)36-5)29-17-26(37-39(7,8)28(2,3)4)20-10-12-25(32)23(15-20)31-38(6,34)35/h9-12,14-16,18,26,29-32H,13,17H2,1-8H3/t18-,26-/m1/s1. The summed E-state index contributed by atoms with van der Waals surface area (Å²) in [6, 6.07) is 12.8. The molecule has 1 aromatic heterocycles. The normalized spacial score (nSPS) is 14.3. The van der Waals surface area contributed by atoms with E-state index in [4.69, 9.17) is 9.16 Å². The van der Waals surface area contributed by atoms with Gasteiger partial charge in [0.25, 0.3) is 0 Å². The molecule has 0 amide bonds. The lowest BCUT2D eigenvalue weighted by Crippen LogP contribution is -2.44. The second-order valence-electron chi connectivity index (χ2n) is 11.6. The number of hydrogen-bond acceptors (Lipinski definition) is 7. The van der Waals surface area contributed by atoms with E-state index in [9.17, 15) is 18.3 Å². The smallest absolute Gasteiger partial charge is 0.354 e. The Morgan fingerprint density at radius 1 is 1.13 bits per heavy atom. The van der Waals surface area contributed by atoms with Crippen molar-refractivity contribution in [2.75, 3.05) is 24.6 Å². The van der Waals surface area contributed by atoms with Crippen molar-refractivity contribution < 1.29 is 27.5 Å². The van der Waals surface area contributed by atoms with E-state index < -0.39 is 24.3 Å². The quantitative estimate of drug-likeness (QED) is 0.138. The van der Waals surface area contributed by atoms with Crippen molar-refractivity contribution in [3.05, 3.63) is 59.3 Å². The van der Waals surface area contributed by atoms with Gasteiger partial charge in [-0.25, -0.2) is 13.2 Å². The van der Waals surface area contributed by atoms with Crippen LogP contribution in [0.1, 0.15) is 55.4 Å². The Morgan fingerprint density at radius 3 is 2.44 bits per heavy atom. The molecule has 0 aliphatic carbocycles. The molecule has 0 aliphatic heterocycles. The second kappa shape index (κ2) is 11.7. The van der Waals surface area contributed by atoms with Gasteiger partial charge in [0, 0.05) is 23.5 Å². The number of esters is 1. The number of anilines is 1. The van der Waals surface area contributed by atoms with Crippen molar-refractivity contribution >= 4 is 40.9 Å². The average molecular weight is 576 g/mol. The first-order valence-electron chi connectivity index (χ1n) is 12.9. The van der Waals surface area contributed by atoms with Crippen LogP contribution in [-0.4, -0.2) is 58.7 Å². The Bertz CT molecular complexity index is 1430. The molecular weight excluding hydrogens is 534 g/mol. The molecule has 214 valence electrons. The van der Waals surface area contributed by atoms with Crippen LogP contribution in [-0.2, 0) is 25.6 Å². The number of aromatic amines is 1. The number of aromatic hydroxyl groups is 1. The molecule has 3 rings (SSSR count). The van der Waals surface area contributed by atoms with Gasteiger partial charge >= 0.3 is 5.97 Å². The zero-order chi connectivity index (χ0) is 29.2. The highest BCUT2D eigenvalue weighted by Gasteiger charge is 2.39. The van der Waals surface area contributed by atoms with Crippen molar-refractivity contribution in [1.29, 1.82) is 0 Å². The zero-order valence-electron chi connectivity index (χ0n) is 24.0. The van der Waals surface area contributed by atoms with Gasteiger partial charge in [-0.1, -0.05) is 32.9 Å². The molecule has 0 fully saturated rings. The van der Waals surface area contributed by atoms with Gasteiger partial charge in [-0.15, -0.1) is 0 Å². The highest BCUT2D eigenvalue weighted by molar-refractivity contribution is 7.92. The number of fused-ring (bicyclic) bond motifs is 1. The number of H-pyrrole nitrogens is 1. The number of hydrogen-bond donors (Lipinski definition) is 4. The third-order valence-corrected chi connectivity index (χ3v) is 12.3. The summed E-state index contributed by atoms with van der Waals surface area (Å²) in [6.07, 6.45) is 1.44. The van der Waals surface area contributed by atoms with E-state index in [1.807, 2.05) is 12.1 Å². The molecule has 0 bridgehead atoms. The summed E-state index contributed by atoms with van der Waals surface area (Å²) in [7, 11) is -4.41. The number of phenols is 1. The van der Waals surface area contributed by atoms with E-state index in [1.165, 1.54) is 13.2 Å². The van der Waals surface area contributed by atoms with Crippen LogP contribution in [0, 0.1) is 0 Å². The number of phenolic OH excluding ortho intramolecular Hbond substituents is 1. The number of nitrogens with one attached hydrogen (secondary N) is 3. The summed E-state index contributed by atoms with van der Waals surface area (Å²) < 4.78 is 37.6. The monoisotopic (exact) mass is 575 g/mol. The first-order valence-corrected chi connectivity index (χ1v) is 17.7. The Balaban J connectivity index is 1.80. The first-order chi connectivity index (χ1) is 18.0. The van der Waals surface area contributed by atoms with Crippen molar-refractivity contribution in [3.8, 4) is 5.75 Å². The third-order valence-electron chi connectivity index (χ3n) is 7.21. The van der Waals surface area contributed by atoms with E-state index in [0.717, 1.165) is 34.7 Å². The number of ether oxygens (including phenoxy) is 1. The van der Waals surface area contributed by atoms with E-state index in [0.29, 0.717) is 12.2 Å². The summed E-state index contributed by atoms with van der Waals surface area (Å²) >= 11 is 0. The lowest BCUT2D eigenvalue weighted by Gasteiger charge is -2.40. The van der Waals surface area contributed by atoms with E-state index in [-0.39, 0.29) is 28.6 Å². The third kappa shape index (κ3) is 8.07. The maximum atomic E-state index is 11.9. The average Bonchev–Trinajstić information content (AvgIpc) is 3.24. The summed E-state index contributed by atoms with van der Waals surface area (Å²) in [4.78, 5) is 14.9.